The number of ether oxygens (including phenoxy) is 1. The number of esters is 1. The van der Waals surface area contributed by atoms with Crippen LogP contribution in [0.5, 0.6) is 0 Å². The molecule has 0 saturated heterocycles. The Morgan fingerprint density at radius 1 is 1.30 bits per heavy atom. The number of amides is 1. The van der Waals surface area contributed by atoms with Crippen molar-refractivity contribution in [1.82, 2.24) is 10.9 Å². The average molecular weight is 291 g/mol. The maximum Gasteiger partial charge on any atom is 0.351 e. The van der Waals surface area contributed by atoms with E-state index >= 15 is 0 Å². The first kappa shape index (κ1) is 15.6. The van der Waals surface area contributed by atoms with Crippen molar-refractivity contribution in [1.29, 1.82) is 5.26 Å². The molecule has 7 heteroatoms. The lowest BCUT2D eigenvalue weighted by molar-refractivity contribution is -0.138. The van der Waals surface area contributed by atoms with Gasteiger partial charge in [0, 0.05) is 5.56 Å². The van der Waals surface area contributed by atoms with Crippen molar-refractivity contribution in [3.8, 4) is 6.07 Å². The van der Waals surface area contributed by atoms with Crippen LogP contribution in [0, 0.1) is 11.3 Å². The molecule has 0 aliphatic rings. The summed E-state index contributed by atoms with van der Waals surface area (Å²) in [6, 6.07) is 10.1. The Bertz CT molecular complexity index is 564. The van der Waals surface area contributed by atoms with Gasteiger partial charge in [-0.1, -0.05) is 18.2 Å². The summed E-state index contributed by atoms with van der Waals surface area (Å²) in [5, 5.41) is 8.78. The number of hydrogen-bond acceptors (Lipinski definition) is 6. The Labute approximate surface area is 121 Å². The number of benzene rings is 1. The molecule has 0 fully saturated rings. The lowest BCUT2D eigenvalue weighted by atomic mass is 10.2. The number of nitriles is 1. The van der Waals surface area contributed by atoms with Gasteiger partial charge in [0.05, 0.1) is 6.61 Å². The monoisotopic (exact) mass is 291 g/mol. The molecule has 0 atom stereocenters. The van der Waals surface area contributed by atoms with E-state index in [1.165, 1.54) is 0 Å². The molecule has 0 aliphatic carbocycles. The summed E-state index contributed by atoms with van der Waals surface area (Å²) in [7, 11) is 0. The van der Waals surface area contributed by atoms with Crippen LogP contribution in [0.2, 0.25) is 0 Å². The van der Waals surface area contributed by atoms with E-state index in [9.17, 15) is 9.59 Å². The van der Waals surface area contributed by atoms with Crippen molar-refractivity contribution >= 4 is 24.5 Å². The van der Waals surface area contributed by atoms with Crippen molar-refractivity contribution in [2.45, 2.75) is 6.92 Å². The summed E-state index contributed by atoms with van der Waals surface area (Å²) in [6.07, 6.45) is 0. The summed E-state index contributed by atoms with van der Waals surface area (Å²) in [4.78, 5) is 23.2. The van der Waals surface area contributed by atoms with Crippen LogP contribution in [0.3, 0.4) is 0 Å². The average Bonchev–Trinajstić information content (AvgIpc) is 2.46. The van der Waals surface area contributed by atoms with Crippen molar-refractivity contribution in [3.63, 3.8) is 0 Å². The van der Waals surface area contributed by atoms with Crippen LogP contribution in [0.25, 0.3) is 0 Å². The number of rotatable bonds is 5. The quantitative estimate of drug-likeness (QED) is 0.249. The lowest BCUT2D eigenvalue weighted by Gasteiger charge is -2.09. The van der Waals surface area contributed by atoms with Gasteiger partial charge in [-0.2, -0.15) is 5.26 Å². The second-order valence-electron chi connectivity index (χ2n) is 3.50. The van der Waals surface area contributed by atoms with E-state index in [0.717, 1.165) is 0 Å². The summed E-state index contributed by atoms with van der Waals surface area (Å²) in [6.45, 7) is 1.76. The van der Waals surface area contributed by atoms with Gasteiger partial charge in [-0.15, -0.1) is 12.6 Å². The van der Waals surface area contributed by atoms with E-state index in [2.05, 4.69) is 28.2 Å². The summed E-state index contributed by atoms with van der Waals surface area (Å²) in [5.41, 5.74) is 4.83. The van der Waals surface area contributed by atoms with Crippen LogP contribution in [0.1, 0.15) is 17.3 Å². The highest BCUT2D eigenvalue weighted by atomic mass is 32.1. The smallest absolute Gasteiger partial charge is 0.351 e. The maximum atomic E-state index is 11.7. The fraction of sp³-hybridized carbons (Fsp3) is 0.154. The van der Waals surface area contributed by atoms with Gasteiger partial charge in [0.15, 0.2) is 5.57 Å². The first-order chi connectivity index (χ1) is 9.60. The van der Waals surface area contributed by atoms with Crippen molar-refractivity contribution in [2.75, 3.05) is 6.61 Å². The molecule has 1 aromatic rings. The number of carbonyl (C=O) groups excluding carboxylic acids is 2. The second kappa shape index (κ2) is 7.86. The molecule has 0 bridgehead atoms. The Morgan fingerprint density at radius 3 is 2.50 bits per heavy atom. The second-order valence-corrected chi connectivity index (χ2v) is 3.95. The molecule has 0 aromatic heterocycles. The minimum absolute atomic E-state index is 0.0877. The van der Waals surface area contributed by atoms with Gasteiger partial charge in [-0.3, -0.25) is 15.6 Å². The highest BCUT2D eigenvalue weighted by Gasteiger charge is 2.15. The Hall–Kier alpha value is -2.46. The van der Waals surface area contributed by atoms with Crippen molar-refractivity contribution in [2.24, 2.45) is 0 Å². The number of nitrogens with zero attached hydrogens (tertiary/aromatic N) is 1. The topological polar surface area (TPSA) is 91.2 Å². The molecule has 1 amide bonds. The predicted molar refractivity (Wildman–Crippen MR) is 75.3 cm³/mol. The molecule has 1 aromatic carbocycles. The minimum Gasteiger partial charge on any atom is -0.462 e. The van der Waals surface area contributed by atoms with Crippen LogP contribution >= 0.6 is 12.6 Å². The zero-order valence-electron chi connectivity index (χ0n) is 10.7. The molecule has 0 heterocycles. The fourth-order valence-corrected chi connectivity index (χ4v) is 1.44. The van der Waals surface area contributed by atoms with Gasteiger partial charge in [0.25, 0.3) is 5.91 Å². The van der Waals surface area contributed by atoms with Gasteiger partial charge in [-0.05, 0) is 19.1 Å². The number of carbonyl (C=O) groups is 2. The molecule has 1 rings (SSSR count). The maximum absolute atomic E-state index is 11.7. The Kier molecular flexibility index (Phi) is 6.13. The fourth-order valence-electron chi connectivity index (χ4n) is 1.24. The van der Waals surface area contributed by atoms with Crippen molar-refractivity contribution < 1.29 is 14.3 Å². The highest BCUT2D eigenvalue weighted by Crippen LogP contribution is 2.06. The lowest BCUT2D eigenvalue weighted by Crippen LogP contribution is -2.36. The van der Waals surface area contributed by atoms with Crippen LogP contribution in [0.15, 0.2) is 40.9 Å². The van der Waals surface area contributed by atoms with Crippen molar-refractivity contribution in [3.05, 3.63) is 46.5 Å². The van der Waals surface area contributed by atoms with Crippen LogP contribution in [-0.4, -0.2) is 18.5 Å². The first-order valence-electron chi connectivity index (χ1n) is 5.72. The molecule has 2 N–H and O–H groups in total. The van der Waals surface area contributed by atoms with E-state index in [1.807, 2.05) is 0 Å². The molecule has 20 heavy (non-hydrogen) atoms. The van der Waals surface area contributed by atoms with Crippen LogP contribution < -0.4 is 10.9 Å². The molecule has 0 aliphatic heterocycles. The van der Waals surface area contributed by atoms with E-state index < -0.39 is 11.9 Å². The minimum atomic E-state index is -0.804. The zero-order chi connectivity index (χ0) is 15.0. The standard InChI is InChI=1S/C13H13N3O3S/c1-2-19-13(18)10(8-14)12(20)16-15-11(17)9-6-4-3-5-7-9/h3-7,16,20H,2H2,1H3,(H,15,17). The molecular weight excluding hydrogens is 278 g/mol. The van der Waals surface area contributed by atoms with Gasteiger partial charge < -0.3 is 4.74 Å². The first-order valence-corrected chi connectivity index (χ1v) is 6.16. The zero-order valence-corrected chi connectivity index (χ0v) is 11.6. The van der Waals surface area contributed by atoms with E-state index in [-0.39, 0.29) is 17.2 Å². The number of hydrogen-bond donors (Lipinski definition) is 3. The van der Waals surface area contributed by atoms with Gasteiger partial charge in [0.1, 0.15) is 11.1 Å². The van der Waals surface area contributed by atoms with Crippen LogP contribution in [0.4, 0.5) is 0 Å². The largest absolute Gasteiger partial charge is 0.462 e. The Balaban J connectivity index is 2.70. The third-order valence-electron chi connectivity index (χ3n) is 2.16. The predicted octanol–water partition coefficient (Wildman–Crippen LogP) is 1.15. The van der Waals surface area contributed by atoms with E-state index in [1.54, 1.807) is 43.3 Å². The molecule has 104 valence electrons. The number of hydrazine groups is 1. The van der Waals surface area contributed by atoms with Crippen LogP contribution in [-0.2, 0) is 9.53 Å². The highest BCUT2D eigenvalue weighted by molar-refractivity contribution is 7.84. The number of nitrogens with one attached hydrogen (secondary N) is 2. The summed E-state index contributed by atoms with van der Waals surface area (Å²) < 4.78 is 4.69. The third kappa shape index (κ3) is 4.33. The molecule has 0 radical (unpaired) electrons. The van der Waals surface area contributed by atoms with E-state index in [0.29, 0.717) is 5.56 Å². The summed E-state index contributed by atoms with van der Waals surface area (Å²) >= 11 is 3.95. The summed E-state index contributed by atoms with van der Waals surface area (Å²) in [5.74, 6) is -1.22. The third-order valence-corrected chi connectivity index (χ3v) is 2.49. The van der Waals surface area contributed by atoms with Gasteiger partial charge in [0.2, 0.25) is 0 Å². The Morgan fingerprint density at radius 2 is 1.95 bits per heavy atom. The molecule has 0 spiro atoms. The molecule has 6 nitrogen and oxygen atoms in total. The SMILES string of the molecule is CCOC(=O)C(C#N)=C(S)NNC(=O)c1ccccc1. The molecule has 0 unspecified atom stereocenters. The number of thiol groups is 1. The van der Waals surface area contributed by atoms with Gasteiger partial charge in [-0.25, -0.2) is 4.79 Å². The van der Waals surface area contributed by atoms with Gasteiger partial charge >= 0.3 is 5.97 Å². The van der Waals surface area contributed by atoms with E-state index in [4.69, 9.17) is 5.26 Å². The molecule has 0 saturated carbocycles. The normalized spacial score (nSPS) is 10.8. The molecular formula is C13H13N3O3S.